The molecule has 4 heterocycles. The maximum atomic E-state index is 13.1. The number of hydrogen-bond acceptors (Lipinski definition) is 7. The number of anilines is 1. The van der Waals surface area contributed by atoms with Crippen LogP contribution in [0, 0.1) is 6.92 Å². The van der Waals surface area contributed by atoms with Gasteiger partial charge in [-0.3, -0.25) is 9.69 Å². The number of nitrogens with two attached hydrogens (primary N) is 1. The Morgan fingerprint density at radius 1 is 0.941 bits per heavy atom. The van der Waals surface area contributed by atoms with E-state index >= 15 is 0 Å². The summed E-state index contributed by atoms with van der Waals surface area (Å²) in [5.74, 6) is 0.552. The number of ether oxygens (including phenoxy) is 1. The molecular weight excluding hydrogens is 428 g/mol. The predicted molar refractivity (Wildman–Crippen MR) is 131 cm³/mol. The van der Waals surface area contributed by atoms with Crippen LogP contribution >= 0.6 is 0 Å². The first-order valence-corrected chi connectivity index (χ1v) is 11.8. The Bertz CT molecular complexity index is 1130. The van der Waals surface area contributed by atoms with Crippen LogP contribution in [0.5, 0.6) is 0 Å². The molecule has 176 valence electrons. The summed E-state index contributed by atoms with van der Waals surface area (Å²) in [4.78, 5) is 30.8. The molecule has 2 aromatic heterocycles. The zero-order chi connectivity index (χ0) is 23.5. The summed E-state index contributed by atoms with van der Waals surface area (Å²) in [6.07, 6.45) is 5.48. The van der Waals surface area contributed by atoms with Crippen molar-refractivity contribution in [1.29, 1.82) is 0 Å². The molecule has 5 rings (SSSR count). The molecule has 2 saturated heterocycles. The minimum absolute atomic E-state index is 0.0833. The van der Waals surface area contributed by atoms with Gasteiger partial charge in [-0.15, -0.1) is 0 Å². The summed E-state index contributed by atoms with van der Waals surface area (Å²) in [6.45, 7) is 7.02. The van der Waals surface area contributed by atoms with Crippen LogP contribution in [-0.2, 0) is 4.74 Å². The minimum atomic E-state index is 0.0833. The molecule has 2 N–H and O–H groups in total. The van der Waals surface area contributed by atoms with E-state index in [2.05, 4.69) is 19.9 Å². The first-order chi connectivity index (χ1) is 16.6. The Balaban J connectivity index is 1.30. The van der Waals surface area contributed by atoms with Crippen LogP contribution < -0.4 is 5.73 Å². The molecule has 0 bridgehead atoms. The molecule has 0 atom stereocenters. The average molecular weight is 459 g/mol. The van der Waals surface area contributed by atoms with Crippen molar-refractivity contribution in [3.05, 3.63) is 60.2 Å². The van der Waals surface area contributed by atoms with Crippen LogP contribution in [0.1, 0.15) is 28.9 Å². The van der Waals surface area contributed by atoms with E-state index in [1.807, 2.05) is 42.2 Å². The molecule has 8 nitrogen and oxygen atoms in total. The Morgan fingerprint density at radius 3 is 2.32 bits per heavy atom. The average Bonchev–Trinajstić information content (AvgIpc) is 2.89. The Labute approximate surface area is 199 Å². The number of nitrogens with zero attached hydrogens (tertiary/aromatic N) is 5. The van der Waals surface area contributed by atoms with Crippen LogP contribution in [0.15, 0.2) is 48.9 Å². The van der Waals surface area contributed by atoms with Gasteiger partial charge in [0.05, 0.1) is 5.69 Å². The molecule has 0 spiro atoms. The molecule has 0 aliphatic carbocycles. The molecule has 0 radical (unpaired) electrons. The quantitative estimate of drug-likeness (QED) is 0.642. The van der Waals surface area contributed by atoms with E-state index in [0.717, 1.165) is 80.3 Å². The van der Waals surface area contributed by atoms with E-state index in [0.29, 0.717) is 17.4 Å². The zero-order valence-corrected chi connectivity index (χ0v) is 19.5. The number of carbonyl (C=O) groups excluding carboxylic acids is 1. The van der Waals surface area contributed by atoms with E-state index in [4.69, 9.17) is 10.5 Å². The number of aromatic nitrogens is 3. The van der Waals surface area contributed by atoms with E-state index in [1.54, 1.807) is 18.6 Å². The molecule has 34 heavy (non-hydrogen) atoms. The molecular formula is C26H30N6O2. The van der Waals surface area contributed by atoms with Gasteiger partial charge in [0.15, 0.2) is 0 Å². The van der Waals surface area contributed by atoms with Gasteiger partial charge in [0.2, 0.25) is 0 Å². The fourth-order valence-electron chi connectivity index (χ4n) is 4.89. The number of nitrogen functional groups attached to an aromatic ring is 1. The largest absolute Gasteiger partial charge is 0.384 e. The molecule has 2 aliphatic rings. The predicted octanol–water partition coefficient (Wildman–Crippen LogP) is 3.03. The second kappa shape index (κ2) is 9.87. The molecule has 0 unspecified atom stereocenters. The highest BCUT2D eigenvalue weighted by atomic mass is 16.5. The lowest BCUT2D eigenvalue weighted by Gasteiger charge is -2.40. The zero-order valence-electron chi connectivity index (χ0n) is 19.5. The Kier molecular flexibility index (Phi) is 6.51. The molecule has 2 aliphatic heterocycles. The first kappa shape index (κ1) is 22.4. The first-order valence-electron chi connectivity index (χ1n) is 11.8. The maximum absolute atomic E-state index is 13.1. The molecule has 8 heteroatoms. The van der Waals surface area contributed by atoms with E-state index in [1.165, 1.54) is 0 Å². The van der Waals surface area contributed by atoms with Crippen molar-refractivity contribution in [1.82, 2.24) is 24.8 Å². The maximum Gasteiger partial charge on any atom is 0.253 e. The van der Waals surface area contributed by atoms with Crippen molar-refractivity contribution >= 4 is 11.7 Å². The third kappa shape index (κ3) is 4.64. The number of hydrogen-bond donors (Lipinski definition) is 1. The minimum Gasteiger partial charge on any atom is -0.384 e. The summed E-state index contributed by atoms with van der Waals surface area (Å²) in [5.41, 5.74) is 10.9. The monoisotopic (exact) mass is 458 g/mol. The van der Waals surface area contributed by atoms with Gasteiger partial charge in [-0.25, -0.2) is 15.0 Å². The van der Waals surface area contributed by atoms with Crippen LogP contribution in [0.4, 0.5) is 5.82 Å². The number of amides is 1. The van der Waals surface area contributed by atoms with Crippen molar-refractivity contribution in [2.24, 2.45) is 0 Å². The lowest BCUT2D eigenvalue weighted by Crippen LogP contribution is -2.53. The molecule has 2 fully saturated rings. The summed E-state index contributed by atoms with van der Waals surface area (Å²) in [6, 6.07) is 12.0. The molecule has 0 saturated carbocycles. The van der Waals surface area contributed by atoms with Gasteiger partial charge in [0.1, 0.15) is 12.1 Å². The van der Waals surface area contributed by atoms with Gasteiger partial charge in [-0.2, -0.15) is 0 Å². The second-order valence-electron chi connectivity index (χ2n) is 8.90. The van der Waals surface area contributed by atoms with Crippen LogP contribution in [0.25, 0.3) is 22.4 Å². The van der Waals surface area contributed by atoms with Crippen molar-refractivity contribution < 1.29 is 9.53 Å². The number of rotatable bonds is 4. The smallest absolute Gasteiger partial charge is 0.253 e. The number of aryl methyl sites for hydroxylation is 1. The molecule has 1 amide bonds. The molecule has 3 aromatic rings. The lowest BCUT2D eigenvalue weighted by molar-refractivity contribution is 0.0137. The highest BCUT2D eigenvalue weighted by Gasteiger charge is 2.27. The van der Waals surface area contributed by atoms with Crippen LogP contribution in [-0.4, -0.2) is 76.1 Å². The van der Waals surface area contributed by atoms with E-state index in [-0.39, 0.29) is 5.91 Å². The Morgan fingerprint density at radius 2 is 1.65 bits per heavy atom. The standard InChI is InChI=1S/C26H30N6O2/c1-18-24(21-6-7-23(27)28-16-21)25(30-17-29-18)19-2-4-20(5-3-19)26(33)32-12-10-31(11-13-32)22-8-14-34-15-9-22/h2-7,16-17,22H,8-15H2,1H3,(H2,27,28). The SMILES string of the molecule is Cc1ncnc(-c2ccc(C(=O)N3CCN(C4CCOCC4)CC3)cc2)c1-c1ccc(N)nc1. The van der Waals surface area contributed by atoms with Crippen molar-refractivity contribution in [3.8, 4) is 22.4 Å². The van der Waals surface area contributed by atoms with Gasteiger partial charge in [-0.1, -0.05) is 12.1 Å². The highest BCUT2D eigenvalue weighted by molar-refractivity contribution is 5.95. The molecule has 1 aromatic carbocycles. The summed E-state index contributed by atoms with van der Waals surface area (Å²) >= 11 is 0. The van der Waals surface area contributed by atoms with Crippen molar-refractivity contribution in [3.63, 3.8) is 0 Å². The van der Waals surface area contributed by atoms with Gasteiger partial charge < -0.3 is 15.4 Å². The fraction of sp³-hybridized carbons (Fsp3) is 0.385. The summed E-state index contributed by atoms with van der Waals surface area (Å²) < 4.78 is 5.49. The van der Waals surface area contributed by atoms with Crippen LogP contribution in [0.2, 0.25) is 0 Å². The topological polar surface area (TPSA) is 97.5 Å². The van der Waals surface area contributed by atoms with E-state index in [9.17, 15) is 4.79 Å². The van der Waals surface area contributed by atoms with Gasteiger partial charge in [0.25, 0.3) is 5.91 Å². The van der Waals surface area contributed by atoms with Gasteiger partial charge in [0, 0.05) is 79.6 Å². The normalized spacial score (nSPS) is 17.6. The van der Waals surface area contributed by atoms with Crippen LogP contribution in [0.3, 0.4) is 0 Å². The second-order valence-corrected chi connectivity index (χ2v) is 8.90. The third-order valence-corrected chi connectivity index (χ3v) is 6.83. The highest BCUT2D eigenvalue weighted by Crippen LogP contribution is 2.32. The number of carbonyl (C=O) groups is 1. The van der Waals surface area contributed by atoms with Gasteiger partial charge in [-0.05, 0) is 44.0 Å². The third-order valence-electron chi connectivity index (χ3n) is 6.83. The fourth-order valence-corrected chi connectivity index (χ4v) is 4.89. The number of piperazine rings is 1. The number of pyridine rings is 1. The van der Waals surface area contributed by atoms with Gasteiger partial charge >= 0.3 is 0 Å². The van der Waals surface area contributed by atoms with Crippen molar-refractivity contribution in [2.45, 2.75) is 25.8 Å². The van der Waals surface area contributed by atoms with Crippen molar-refractivity contribution in [2.75, 3.05) is 45.1 Å². The summed E-state index contributed by atoms with van der Waals surface area (Å²) in [5, 5.41) is 0. The summed E-state index contributed by atoms with van der Waals surface area (Å²) in [7, 11) is 0. The van der Waals surface area contributed by atoms with E-state index < -0.39 is 0 Å². The number of benzene rings is 1. The Hall–Kier alpha value is -3.36. The lowest BCUT2D eigenvalue weighted by atomic mass is 9.98.